The van der Waals surface area contributed by atoms with E-state index in [0.717, 1.165) is 68.3 Å². The predicted octanol–water partition coefficient (Wildman–Crippen LogP) is 5.62. The molecule has 0 saturated carbocycles. The highest BCUT2D eigenvalue weighted by Gasteiger charge is 2.30. The van der Waals surface area contributed by atoms with Crippen LogP contribution in [-0.2, 0) is 7.05 Å². The Bertz CT molecular complexity index is 2050. The van der Waals surface area contributed by atoms with Gasteiger partial charge in [-0.15, -0.1) is 0 Å². The first-order valence-electron chi connectivity index (χ1n) is 13.7. The molecule has 0 spiro atoms. The Morgan fingerprint density at radius 1 is 1.14 bits per heavy atom. The number of halogens is 1. The van der Waals surface area contributed by atoms with E-state index in [1.807, 2.05) is 43.2 Å². The van der Waals surface area contributed by atoms with Crippen molar-refractivity contribution in [1.82, 2.24) is 44.2 Å². The Balaban J connectivity index is 1.31. The van der Waals surface area contributed by atoms with Crippen molar-refractivity contribution in [1.29, 1.82) is 5.26 Å². The van der Waals surface area contributed by atoms with Gasteiger partial charge in [-0.3, -0.25) is 19.0 Å². The molecule has 1 N–H and O–H groups in total. The van der Waals surface area contributed by atoms with Crippen molar-refractivity contribution >= 4 is 39.4 Å². The Kier molecular flexibility index (Phi) is 6.09. The number of benzene rings is 2. The fourth-order valence-electron chi connectivity index (χ4n) is 6.08. The molecule has 0 unspecified atom stereocenters. The van der Waals surface area contributed by atoms with Crippen LogP contribution in [0.5, 0.6) is 0 Å². The van der Waals surface area contributed by atoms with Gasteiger partial charge in [0.15, 0.2) is 5.69 Å². The van der Waals surface area contributed by atoms with Crippen molar-refractivity contribution in [3.8, 4) is 28.5 Å². The summed E-state index contributed by atoms with van der Waals surface area (Å²) in [4.78, 5) is 18.8. The molecule has 1 fully saturated rings. The molecule has 1 aliphatic rings. The van der Waals surface area contributed by atoms with Crippen molar-refractivity contribution in [2.45, 2.75) is 32.7 Å². The number of fused-ring (bicyclic) bond motifs is 2. The zero-order chi connectivity index (χ0) is 29.1. The zero-order valence-electron chi connectivity index (χ0n) is 23.3. The summed E-state index contributed by atoms with van der Waals surface area (Å²) in [6.45, 7) is 5.21. The zero-order valence-corrected chi connectivity index (χ0v) is 24.1. The van der Waals surface area contributed by atoms with E-state index in [4.69, 9.17) is 22.0 Å². The second kappa shape index (κ2) is 9.85. The standard InChI is InChI=1S/C30H27ClN10O/c1-17-10-24-23(14-34-36-24)27(28(17)31)26-18(2)41(37-29(26)19-4-5-25-20(11-19)13-35-38(25)3)22-6-8-39(9-7-22)30(42)40-15-21(12-32)33-16-40/h4-5,10-11,13-16,22H,6-9H2,1-3H3,(H,34,36). The number of imidazole rings is 1. The number of nitrogens with one attached hydrogen (secondary N) is 1. The molecule has 1 saturated heterocycles. The first kappa shape index (κ1) is 26.0. The van der Waals surface area contributed by atoms with Gasteiger partial charge in [0.2, 0.25) is 0 Å². The summed E-state index contributed by atoms with van der Waals surface area (Å²) in [7, 11) is 1.93. The number of carbonyl (C=O) groups excluding carboxylic acids is 1. The molecule has 0 aliphatic carbocycles. The first-order valence-corrected chi connectivity index (χ1v) is 14.1. The van der Waals surface area contributed by atoms with Gasteiger partial charge in [-0.05, 0) is 50.5 Å². The minimum absolute atomic E-state index is 0.0876. The number of nitriles is 1. The number of aryl methyl sites for hydroxylation is 2. The Morgan fingerprint density at radius 3 is 2.71 bits per heavy atom. The fraction of sp³-hybridized carbons (Fsp3) is 0.267. The third-order valence-corrected chi connectivity index (χ3v) is 8.77. The maximum absolute atomic E-state index is 13.0. The monoisotopic (exact) mass is 578 g/mol. The van der Waals surface area contributed by atoms with Crippen molar-refractivity contribution in [2.75, 3.05) is 13.1 Å². The van der Waals surface area contributed by atoms with Crippen LogP contribution in [0.2, 0.25) is 5.02 Å². The van der Waals surface area contributed by atoms with E-state index in [2.05, 4.69) is 50.1 Å². The van der Waals surface area contributed by atoms with Crippen LogP contribution in [0.25, 0.3) is 44.2 Å². The molecule has 1 aliphatic heterocycles. The van der Waals surface area contributed by atoms with Crippen molar-refractivity contribution in [3.63, 3.8) is 0 Å². The summed E-state index contributed by atoms with van der Waals surface area (Å²) < 4.78 is 5.34. The summed E-state index contributed by atoms with van der Waals surface area (Å²) in [5.41, 5.74) is 7.83. The predicted molar refractivity (Wildman–Crippen MR) is 159 cm³/mol. The molecule has 210 valence electrons. The lowest BCUT2D eigenvalue weighted by molar-refractivity contribution is 0.169. The Morgan fingerprint density at radius 2 is 1.95 bits per heavy atom. The number of likely N-dealkylation sites (tertiary alicyclic amines) is 1. The molecule has 42 heavy (non-hydrogen) atoms. The summed E-state index contributed by atoms with van der Waals surface area (Å²) >= 11 is 7.05. The van der Waals surface area contributed by atoms with E-state index in [-0.39, 0.29) is 17.8 Å². The van der Waals surface area contributed by atoms with Gasteiger partial charge in [-0.25, -0.2) is 9.78 Å². The smallest absolute Gasteiger partial charge is 0.324 e. The number of hydrogen-bond acceptors (Lipinski definition) is 6. The van der Waals surface area contributed by atoms with Crippen LogP contribution >= 0.6 is 11.6 Å². The number of H-pyrrole nitrogens is 1. The van der Waals surface area contributed by atoms with Crippen LogP contribution < -0.4 is 0 Å². The number of aromatic nitrogens is 8. The third-order valence-electron chi connectivity index (χ3n) is 8.28. The van der Waals surface area contributed by atoms with E-state index >= 15 is 0 Å². The van der Waals surface area contributed by atoms with Crippen LogP contribution in [-0.4, -0.2) is 63.3 Å². The highest BCUT2D eigenvalue weighted by atomic mass is 35.5. The molecule has 0 atom stereocenters. The minimum Gasteiger partial charge on any atom is -0.324 e. The van der Waals surface area contributed by atoms with E-state index in [0.29, 0.717) is 18.1 Å². The number of rotatable bonds is 3. The van der Waals surface area contributed by atoms with Gasteiger partial charge in [-0.2, -0.15) is 20.6 Å². The quantitative estimate of drug-likeness (QED) is 0.290. The largest absolute Gasteiger partial charge is 0.329 e. The van der Waals surface area contributed by atoms with Gasteiger partial charge in [0, 0.05) is 53.3 Å². The van der Waals surface area contributed by atoms with E-state index in [9.17, 15) is 4.79 Å². The summed E-state index contributed by atoms with van der Waals surface area (Å²) in [5.74, 6) is 0. The number of hydrogen-bond donors (Lipinski definition) is 1. The SMILES string of the molecule is Cc1cc2[nH]ncc2c(-c2c(-c3ccc4c(cnn4C)c3)nn(C3CCN(C(=O)n4cnc(C#N)c4)CC3)c2C)c1Cl. The first-order chi connectivity index (χ1) is 20.3. The van der Waals surface area contributed by atoms with Gasteiger partial charge in [0.05, 0.1) is 40.7 Å². The van der Waals surface area contributed by atoms with E-state index in [1.54, 1.807) is 4.90 Å². The lowest BCUT2D eigenvalue weighted by Crippen LogP contribution is -2.41. The highest BCUT2D eigenvalue weighted by molar-refractivity contribution is 6.36. The van der Waals surface area contributed by atoms with Gasteiger partial charge < -0.3 is 4.90 Å². The number of carbonyl (C=O) groups is 1. The van der Waals surface area contributed by atoms with E-state index < -0.39 is 0 Å². The van der Waals surface area contributed by atoms with Gasteiger partial charge in [0.25, 0.3) is 0 Å². The topological polar surface area (TPSA) is 126 Å². The second-order valence-corrected chi connectivity index (χ2v) is 11.2. The number of amides is 1. The number of nitrogens with zero attached hydrogens (tertiary/aromatic N) is 9. The molecule has 12 heteroatoms. The summed E-state index contributed by atoms with van der Waals surface area (Å²) in [6.07, 6.45) is 8.01. The maximum atomic E-state index is 13.0. The normalized spacial score (nSPS) is 14.2. The van der Waals surface area contributed by atoms with E-state index in [1.165, 1.54) is 17.1 Å². The van der Waals surface area contributed by atoms with Crippen LogP contribution in [0.3, 0.4) is 0 Å². The summed E-state index contributed by atoms with van der Waals surface area (Å²) in [5, 5.41) is 28.8. The van der Waals surface area contributed by atoms with Crippen molar-refractivity contribution in [3.05, 3.63) is 71.2 Å². The van der Waals surface area contributed by atoms with Crippen LogP contribution in [0.1, 0.15) is 35.8 Å². The molecule has 1 amide bonds. The molecule has 4 aromatic heterocycles. The fourth-order valence-corrected chi connectivity index (χ4v) is 6.33. The Labute approximate surface area is 245 Å². The van der Waals surface area contributed by atoms with Crippen LogP contribution in [0.4, 0.5) is 4.79 Å². The Hall–Kier alpha value is -4.95. The lowest BCUT2D eigenvalue weighted by Gasteiger charge is -2.32. The molecule has 0 radical (unpaired) electrons. The molecule has 6 aromatic rings. The molecule has 2 aromatic carbocycles. The van der Waals surface area contributed by atoms with Crippen LogP contribution in [0, 0.1) is 25.2 Å². The average Bonchev–Trinajstić information content (AvgIpc) is 3.80. The minimum atomic E-state index is -0.181. The van der Waals surface area contributed by atoms with Crippen LogP contribution in [0.15, 0.2) is 49.2 Å². The maximum Gasteiger partial charge on any atom is 0.329 e. The third kappa shape index (κ3) is 4.06. The highest BCUT2D eigenvalue weighted by Crippen LogP contribution is 2.44. The summed E-state index contributed by atoms with van der Waals surface area (Å²) in [6, 6.07) is 10.2. The molecule has 11 nitrogen and oxygen atoms in total. The molecule has 7 rings (SSSR count). The van der Waals surface area contributed by atoms with Gasteiger partial charge in [-0.1, -0.05) is 17.7 Å². The number of aromatic amines is 1. The average molecular weight is 579 g/mol. The van der Waals surface area contributed by atoms with Gasteiger partial charge >= 0.3 is 6.03 Å². The molecule has 5 heterocycles. The number of piperidine rings is 1. The van der Waals surface area contributed by atoms with Gasteiger partial charge in [0.1, 0.15) is 18.1 Å². The lowest BCUT2D eigenvalue weighted by atomic mass is 9.94. The molecule has 0 bridgehead atoms. The van der Waals surface area contributed by atoms with Crippen molar-refractivity contribution < 1.29 is 4.79 Å². The second-order valence-electron chi connectivity index (χ2n) is 10.8. The molecular formula is C30H27ClN10O. The molecular weight excluding hydrogens is 552 g/mol. The van der Waals surface area contributed by atoms with Crippen molar-refractivity contribution in [2.24, 2.45) is 7.05 Å².